The summed E-state index contributed by atoms with van der Waals surface area (Å²) in [7, 11) is 0. The van der Waals surface area contributed by atoms with Gasteiger partial charge in [-0.05, 0) is 20.8 Å². The van der Waals surface area contributed by atoms with Crippen molar-refractivity contribution in [2.24, 2.45) is 0 Å². The lowest BCUT2D eigenvalue weighted by atomic mass is 10.2. The molecule has 1 aliphatic rings. The van der Waals surface area contributed by atoms with Gasteiger partial charge in [-0.1, -0.05) is 0 Å². The van der Waals surface area contributed by atoms with Crippen molar-refractivity contribution in [3.63, 3.8) is 0 Å². The van der Waals surface area contributed by atoms with Crippen LogP contribution in [0.2, 0.25) is 0 Å². The molecule has 12 heavy (non-hydrogen) atoms. The molecule has 1 saturated heterocycles. The zero-order valence-electron chi connectivity index (χ0n) is 8.08. The Morgan fingerprint density at radius 3 is 2.58 bits per heavy atom. The summed E-state index contributed by atoms with van der Waals surface area (Å²) in [5.74, 6) is 0. The van der Waals surface area contributed by atoms with Crippen LogP contribution in [0, 0.1) is 0 Å². The van der Waals surface area contributed by atoms with Gasteiger partial charge in [0.25, 0.3) is 0 Å². The normalized spacial score (nSPS) is 30.0. The Labute approximate surface area is 74.0 Å². The Balaban J connectivity index is 2.30. The van der Waals surface area contributed by atoms with Gasteiger partial charge in [0.05, 0.1) is 19.3 Å². The van der Waals surface area contributed by atoms with E-state index in [2.05, 4.69) is 0 Å². The molecular weight excluding hydrogens is 156 g/mol. The molecule has 1 heterocycles. The van der Waals surface area contributed by atoms with E-state index in [4.69, 9.17) is 14.2 Å². The van der Waals surface area contributed by atoms with E-state index in [1.54, 1.807) is 0 Å². The van der Waals surface area contributed by atoms with Crippen LogP contribution in [0.3, 0.4) is 0 Å². The second-order valence-electron chi connectivity index (χ2n) is 3.25. The van der Waals surface area contributed by atoms with E-state index >= 15 is 0 Å². The van der Waals surface area contributed by atoms with Crippen molar-refractivity contribution in [2.75, 3.05) is 19.8 Å². The maximum atomic E-state index is 5.63. The summed E-state index contributed by atoms with van der Waals surface area (Å²) in [6.45, 7) is 8.12. The fraction of sp³-hybridized carbons (Fsp3) is 1.00. The van der Waals surface area contributed by atoms with Gasteiger partial charge >= 0.3 is 0 Å². The topological polar surface area (TPSA) is 27.7 Å². The van der Waals surface area contributed by atoms with Crippen LogP contribution in [0.4, 0.5) is 0 Å². The molecule has 0 amide bonds. The fourth-order valence-electron chi connectivity index (χ4n) is 1.36. The third-order valence-corrected chi connectivity index (χ3v) is 1.81. The lowest BCUT2D eigenvalue weighted by Gasteiger charge is -2.20. The summed E-state index contributed by atoms with van der Waals surface area (Å²) < 4.78 is 16.4. The Morgan fingerprint density at radius 2 is 2.00 bits per heavy atom. The molecule has 1 fully saturated rings. The number of rotatable bonds is 4. The Morgan fingerprint density at radius 1 is 1.33 bits per heavy atom. The lowest BCUT2D eigenvalue weighted by Crippen LogP contribution is -2.32. The predicted octanol–water partition coefficient (Wildman–Crippen LogP) is 1.22. The van der Waals surface area contributed by atoms with Crippen LogP contribution in [-0.2, 0) is 14.2 Å². The number of ether oxygens (including phenoxy) is 3. The minimum absolute atomic E-state index is 0.130. The van der Waals surface area contributed by atoms with Crippen molar-refractivity contribution in [1.82, 2.24) is 0 Å². The monoisotopic (exact) mass is 174 g/mol. The lowest BCUT2D eigenvalue weighted by molar-refractivity contribution is -0.0656. The molecule has 3 heteroatoms. The summed E-state index contributed by atoms with van der Waals surface area (Å²) in [4.78, 5) is 0. The van der Waals surface area contributed by atoms with Crippen LogP contribution in [0.5, 0.6) is 0 Å². The van der Waals surface area contributed by atoms with Gasteiger partial charge in [-0.2, -0.15) is 0 Å². The highest BCUT2D eigenvalue weighted by Crippen LogP contribution is 2.14. The molecule has 1 rings (SSSR count). The van der Waals surface area contributed by atoms with Crippen LogP contribution < -0.4 is 0 Å². The first-order valence-corrected chi connectivity index (χ1v) is 4.58. The Bertz CT molecular complexity index is 125. The number of hydrogen-bond acceptors (Lipinski definition) is 3. The third-order valence-electron chi connectivity index (χ3n) is 1.81. The summed E-state index contributed by atoms with van der Waals surface area (Å²) in [6.07, 6.45) is 0.516. The van der Waals surface area contributed by atoms with Gasteiger partial charge in [-0.15, -0.1) is 0 Å². The first-order chi connectivity index (χ1) is 5.74. The molecule has 1 aliphatic heterocycles. The summed E-state index contributed by atoms with van der Waals surface area (Å²) >= 11 is 0. The van der Waals surface area contributed by atoms with Crippen LogP contribution in [0.25, 0.3) is 0 Å². The molecule has 0 saturated carbocycles. The SMILES string of the molecule is CCO[C@@H]1COC[C@H]1OC(C)C. The van der Waals surface area contributed by atoms with Gasteiger partial charge in [-0.25, -0.2) is 0 Å². The molecule has 0 N–H and O–H groups in total. The zero-order valence-corrected chi connectivity index (χ0v) is 8.08. The molecule has 0 aromatic heterocycles. The largest absolute Gasteiger partial charge is 0.376 e. The third kappa shape index (κ3) is 2.73. The van der Waals surface area contributed by atoms with Gasteiger partial charge in [0.15, 0.2) is 0 Å². The molecule has 0 aromatic carbocycles. The molecule has 0 aliphatic carbocycles. The molecule has 0 spiro atoms. The number of hydrogen-bond donors (Lipinski definition) is 0. The first kappa shape index (κ1) is 9.96. The zero-order chi connectivity index (χ0) is 8.97. The standard InChI is InChI=1S/C9H18O3/c1-4-11-8-5-10-6-9(8)12-7(2)3/h7-9H,4-6H2,1-3H3/t8-,9-/m1/s1. The van der Waals surface area contributed by atoms with Gasteiger partial charge in [0, 0.05) is 6.61 Å². The van der Waals surface area contributed by atoms with Crippen LogP contribution in [0.15, 0.2) is 0 Å². The minimum atomic E-state index is 0.130. The fourth-order valence-corrected chi connectivity index (χ4v) is 1.36. The summed E-state index contributed by atoms with van der Waals surface area (Å²) in [5, 5.41) is 0. The first-order valence-electron chi connectivity index (χ1n) is 4.58. The van der Waals surface area contributed by atoms with Crippen molar-refractivity contribution < 1.29 is 14.2 Å². The molecular formula is C9H18O3. The average Bonchev–Trinajstić information content (AvgIpc) is 2.37. The van der Waals surface area contributed by atoms with Crippen molar-refractivity contribution in [3.8, 4) is 0 Å². The molecule has 2 atom stereocenters. The average molecular weight is 174 g/mol. The second kappa shape index (κ2) is 4.80. The minimum Gasteiger partial charge on any atom is -0.376 e. The van der Waals surface area contributed by atoms with E-state index in [1.165, 1.54) is 0 Å². The van der Waals surface area contributed by atoms with E-state index in [0.29, 0.717) is 13.2 Å². The Hall–Kier alpha value is -0.120. The van der Waals surface area contributed by atoms with Gasteiger partial charge in [0.1, 0.15) is 12.2 Å². The van der Waals surface area contributed by atoms with Crippen LogP contribution in [0.1, 0.15) is 20.8 Å². The highest BCUT2D eigenvalue weighted by atomic mass is 16.6. The van der Waals surface area contributed by atoms with E-state index in [-0.39, 0.29) is 18.3 Å². The van der Waals surface area contributed by atoms with Crippen molar-refractivity contribution in [3.05, 3.63) is 0 Å². The van der Waals surface area contributed by atoms with Gasteiger partial charge in [-0.3, -0.25) is 0 Å². The summed E-state index contributed by atoms with van der Waals surface area (Å²) in [6, 6.07) is 0. The van der Waals surface area contributed by atoms with Gasteiger partial charge < -0.3 is 14.2 Å². The highest BCUT2D eigenvalue weighted by Gasteiger charge is 2.29. The van der Waals surface area contributed by atoms with E-state index in [1.807, 2.05) is 20.8 Å². The molecule has 0 bridgehead atoms. The quantitative estimate of drug-likeness (QED) is 0.641. The smallest absolute Gasteiger partial charge is 0.110 e. The Kier molecular flexibility index (Phi) is 3.98. The second-order valence-corrected chi connectivity index (χ2v) is 3.25. The predicted molar refractivity (Wildman–Crippen MR) is 46.2 cm³/mol. The van der Waals surface area contributed by atoms with Gasteiger partial charge in [0.2, 0.25) is 0 Å². The van der Waals surface area contributed by atoms with E-state index in [0.717, 1.165) is 6.61 Å². The van der Waals surface area contributed by atoms with E-state index in [9.17, 15) is 0 Å². The van der Waals surface area contributed by atoms with Crippen molar-refractivity contribution in [2.45, 2.75) is 39.1 Å². The maximum Gasteiger partial charge on any atom is 0.110 e. The van der Waals surface area contributed by atoms with Crippen molar-refractivity contribution in [1.29, 1.82) is 0 Å². The molecule has 0 aromatic rings. The maximum absolute atomic E-state index is 5.63. The van der Waals surface area contributed by atoms with Crippen LogP contribution >= 0.6 is 0 Å². The molecule has 0 unspecified atom stereocenters. The highest BCUT2D eigenvalue weighted by molar-refractivity contribution is 4.76. The van der Waals surface area contributed by atoms with E-state index < -0.39 is 0 Å². The molecule has 72 valence electrons. The summed E-state index contributed by atoms with van der Waals surface area (Å²) in [5.41, 5.74) is 0. The molecule has 0 radical (unpaired) electrons. The van der Waals surface area contributed by atoms with Crippen LogP contribution in [-0.4, -0.2) is 38.1 Å². The molecule has 3 nitrogen and oxygen atoms in total. The van der Waals surface area contributed by atoms with Crippen molar-refractivity contribution >= 4 is 0 Å².